The molecule has 2 aromatic carbocycles. The Bertz CT molecular complexity index is 741. The fourth-order valence-corrected chi connectivity index (χ4v) is 2.24. The van der Waals surface area contributed by atoms with E-state index in [0.717, 1.165) is 17.0 Å². The van der Waals surface area contributed by atoms with Gasteiger partial charge in [0.1, 0.15) is 5.75 Å². The summed E-state index contributed by atoms with van der Waals surface area (Å²) in [5, 5.41) is 11.3. The van der Waals surface area contributed by atoms with Crippen LogP contribution in [0.25, 0.3) is 0 Å². The molecule has 0 unspecified atom stereocenters. The van der Waals surface area contributed by atoms with E-state index in [1.807, 2.05) is 62.3 Å². The van der Waals surface area contributed by atoms with E-state index in [4.69, 9.17) is 13.2 Å². The number of ether oxygens (including phenoxy) is 1. The van der Waals surface area contributed by atoms with Gasteiger partial charge in [-0.3, -0.25) is 10.1 Å². The lowest BCUT2D eigenvalue weighted by atomic mass is 10.0. The third-order valence-electron chi connectivity index (χ3n) is 3.41. The summed E-state index contributed by atoms with van der Waals surface area (Å²) in [7, 11) is 3.73. The monoisotopic (exact) mass is 364 g/mol. The maximum absolute atomic E-state index is 11.3. The number of anilines is 1. The highest BCUT2D eigenvalue weighted by Gasteiger charge is 2.15. The van der Waals surface area contributed by atoms with Crippen LogP contribution in [0.15, 0.2) is 42.5 Å². The van der Waals surface area contributed by atoms with Crippen LogP contribution in [0.5, 0.6) is 5.75 Å². The van der Waals surface area contributed by atoms with Crippen LogP contribution in [0, 0.1) is 10.1 Å². The molecule has 8 heteroatoms. The molecule has 0 saturated carbocycles. The zero-order chi connectivity index (χ0) is 18.8. The Morgan fingerprint density at radius 3 is 2.20 bits per heavy atom. The molecule has 2 rings (SSSR count). The molecule has 0 aliphatic carbocycles. The van der Waals surface area contributed by atoms with E-state index in [0.29, 0.717) is 18.6 Å². The van der Waals surface area contributed by atoms with Gasteiger partial charge in [-0.15, -0.1) is 0 Å². The first-order valence-corrected chi connectivity index (χ1v) is 8.17. The first-order valence-electron chi connectivity index (χ1n) is 7.51. The molecule has 0 aliphatic heterocycles. The second kappa shape index (κ2) is 10.2. The minimum Gasteiger partial charge on any atom is -0.494 e. The molecule has 7 nitrogen and oxygen atoms in total. The summed E-state index contributed by atoms with van der Waals surface area (Å²) >= 11 is -0.750. The lowest BCUT2D eigenvalue weighted by Gasteiger charge is -2.13. The first kappa shape index (κ1) is 20.3. The Hall–Kier alpha value is -2.74. The van der Waals surface area contributed by atoms with Gasteiger partial charge in [0.15, 0.2) is 0 Å². The van der Waals surface area contributed by atoms with Crippen LogP contribution in [0.4, 0.5) is 11.4 Å². The van der Waals surface area contributed by atoms with Gasteiger partial charge in [-0.1, -0.05) is 12.1 Å². The van der Waals surface area contributed by atoms with Crippen LogP contribution in [0.1, 0.15) is 18.1 Å². The predicted octanol–water partition coefficient (Wildman–Crippen LogP) is 2.98. The summed E-state index contributed by atoms with van der Waals surface area (Å²) in [4.78, 5) is 12.8. The van der Waals surface area contributed by atoms with Gasteiger partial charge >= 0.3 is 11.6 Å². The van der Waals surface area contributed by atoms with Gasteiger partial charge in [0.25, 0.3) is 5.69 Å². The van der Waals surface area contributed by atoms with Crippen molar-refractivity contribution in [1.29, 1.82) is 0 Å². The van der Waals surface area contributed by atoms with Gasteiger partial charge in [-0.25, -0.2) is 0 Å². The SMILES string of the molecule is CCOc1ccc(Cc2ccc(N(C)C)cc2[N+](=O)[O-])cc1.O=S=O. The Morgan fingerprint density at radius 1 is 1.12 bits per heavy atom. The Kier molecular flexibility index (Phi) is 8.28. The second-order valence-electron chi connectivity index (χ2n) is 5.29. The van der Waals surface area contributed by atoms with Gasteiger partial charge in [0.05, 0.1) is 11.5 Å². The average Bonchev–Trinajstić information content (AvgIpc) is 2.57. The van der Waals surface area contributed by atoms with Crippen molar-refractivity contribution in [1.82, 2.24) is 0 Å². The zero-order valence-electron chi connectivity index (χ0n) is 14.3. The Labute approximate surface area is 150 Å². The number of nitro benzene ring substituents is 1. The van der Waals surface area contributed by atoms with E-state index in [-0.39, 0.29) is 10.6 Å². The molecule has 0 heterocycles. The van der Waals surface area contributed by atoms with E-state index in [1.54, 1.807) is 6.07 Å². The normalized spacial score (nSPS) is 9.56. The van der Waals surface area contributed by atoms with Gasteiger partial charge in [0, 0.05) is 37.8 Å². The van der Waals surface area contributed by atoms with Gasteiger partial charge < -0.3 is 9.64 Å². The molecule has 0 aromatic heterocycles. The Balaban J connectivity index is 0.000000970. The summed E-state index contributed by atoms with van der Waals surface area (Å²) in [5.41, 5.74) is 2.70. The van der Waals surface area contributed by atoms with Gasteiger partial charge in [-0.05, 0) is 36.8 Å². The van der Waals surface area contributed by atoms with Crippen molar-refractivity contribution in [2.45, 2.75) is 13.3 Å². The third kappa shape index (κ3) is 6.34. The van der Waals surface area contributed by atoms with Crippen LogP contribution in [0.2, 0.25) is 0 Å². The van der Waals surface area contributed by atoms with Crippen LogP contribution >= 0.6 is 0 Å². The molecule has 0 atom stereocenters. The molecule has 0 saturated heterocycles. The fourth-order valence-electron chi connectivity index (χ4n) is 2.24. The van der Waals surface area contributed by atoms with Gasteiger partial charge in [-0.2, -0.15) is 8.42 Å². The minimum atomic E-state index is -0.750. The molecule has 25 heavy (non-hydrogen) atoms. The molecular formula is C17H20N2O5S. The maximum Gasteiger partial charge on any atom is 0.335 e. The van der Waals surface area contributed by atoms with Crippen LogP contribution in [0.3, 0.4) is 0 Å². The van der Waals surface area contributed by atoms with Crippen molar-refractivity contribution in [3.63, 3.8) is 0 Å². The van der Waals surface area contributed by atoms with Crippen molar-refractivity contribution in [3.05, 3.63) is 63.7 Å². The summed E-state index contributed by atoms with van der Waals surface area (Å²) in [6.07, 6.45) is 0.524. The fraction of sp³-hybridized carbons (Fsp3) is 0.294. The van der Waals surface area contributed by atoms with Crippen molar-refractivity contribution < 1.29 is 18.1 Å². The van der Waals surface area contributed by atoms with E-state index in [1.165, 1.54) is 0 Å². The first-order chi connectivity index (χ1) is 11.9. The smallest absolute Gasteiger partial charge is 0.335 e. The highest BCUT2D eigenvalue weighted by atomic mass is 32.1. The highest BCUT2D eigenvalue weighted by molar-refractivity contribution is 7.51. The molecule has 2 aromatic rings. The quantitative estimate of drug-likeness (QED) is 0.578. The molecule has 134 valence electrons. The summed E-state index contributed by atoms with van der Waals surface area (Å²) in [6, 6.07) is 13.0. The standard InChI is InChI=1S/C17H20N2O3.O2S/c1-4-22-16-9-5-13(6-10-16)11-14-7-8-15(18(2)3)12-17(14)19(20)21;1-3-2/h5-10,12H,4,11H2,1-3H3;. The van der Waals surface area contributed by atoms with Crippen LogP contribution in [-0.2, 0) is 18.0 Å². The zero-order valence-corrected chi connectivity index (χ0v) is 15.1. The Morgan fingerprint density at radius 2 is 1.72 bits per heavy atom. The number of hydrogen-bond donors (Lipinski definition) is 0. The molecule has 0 N–H and O–H groups in total. The van der Waals surface area contributed by atoms with Crippen LogP contribution in [-0.4, -0.2) is 34.0 Å². The number of rotatable bonds is 6. The number of benzene rings is 2. The number of nitrogens with zero attached hydrogens (tertiary/aromatic N) is 2. The largest absolute Gasteiger partial charge is 0.494 e. The maximum atomic E-state index is 11.3. The molecule has 0 radical (unpaired) electrons. The van der Waals surface area contributed by atoms with Crippen molar-refractivity contribution in [2.75, 3.05) is 25.6 Å². The molecule has 0 bridgehead atoms. The van der Waals surface area contributed by atoms with E-state index in [2.05, 4.69) is 0 Å². The molecule has 0 fully saturated rings. The average molecular weight is 364 g/mol. The summed E-state index contributed by atoms with van der Waals surface area (Å²) in [6.45, 7) is 2.56. The van der Waals surface area contributed by atoms with Crippen molar-refractivity contribution >= 4 is 22.9 Å². The molecule has 0 spiro atoms. The molecule has 0 amide bonds. The lowest BCUT2D eigenvalue weighted by Crippen LogP contribution is -2.09. The minimum absolute atomic E-state index is 0.153. The number of hydrogen-bond acceptors (Lipinski definition) is 6. The molecule has 0 aliphatic rings. The summed E-state index contributed by atoms with van der Waals surface area (Å²) in [5.74, 6) is 0.809. The second-order valence-corrected chi connectivity index (χ2v) is 5.42. The van der Waals surface area contributed by atoms with Crippen molar-refractivity contribution in [2.24, 2.45) is 0 Å². The van der Waals surface area contributed by atoms with E-state index >= 15 is 0 Å². The van der Waals surface area contributed by atoms with E-state index < -0.39 is 11.6 Å². The topological polar surface area (TPSA) is 89.8 Å². The third-order valence-corrected chi connectivity index (χ3v) is 3.41. The predicted molar refractivity (Wildman–Crippen MR) is 96.8 cm³/mol. The van der Waals surface area contributed by atoms with Crippen molar-refractivity contribution in [3.8, 4) is 5.75 Å². The van der Waals surface area contributed by atoms with E-state index in [9.17, 15) is 10.1 Å². The number of nitro groups is 1. The molecular weight excluding hydrogens is 344 g/mol. The lowest BCUT2D eigenvalue weighted by molar-refractivity contribution is -0.385. The van der Waals surface area contributed by atoms with Gasteiger partial charge in [0.2, 0.25) is 0 Å². The van der Waals surface area contributed by atoms with Crippen LogP contribution < -0.4 is 9.64 Å². The summed E-state index contributed by atoms with van der Waals surface area (Å²) < 4.78 is 22.0. The highest BCUT2D eigenvalue weighted by Crippen LogP contribution is 2.27.